The standard InChI is InChI=1S/C22H19N3O4/c26-21(18-10-9-16-5-1-2-6-17(16)15-18)23-11-13-24(14-12-23)22(27)19-7-3-4-8-20(19)25(28)29/h1-10,15H,11-14H2. The van der Waals surface area contributed by atoms with Crippen LogP contribution in [0.25, 0.3) is 10.8 Å². The molecule has 1 aliphatic heterocycles. The number of nitro groups is 1. The predicted molar refractivity (Wildman–Crippen MR) is 109 cm³/mol. The topological polar surface area (TPSA) is 83.8 Å². The van der Waals surface area contributed by atoms with Gasteiger partial charge in [0.2, 0.25) is 0 Å². The van der Waals surface area contributed by atoms with Gasteiger partial charge in [0.05, 0.1) is 4.92 Å². The summed E-state index contributed by atoms with van der Waals surface area (Å²) >= 11 is 0. The maximum Gasteiger partial charge on any atom is 0.282 e. The molecule has 7 nitrogen and oxygen atoms in total. The minimum atomic E-state index is -0.549. The highest BCUT2D eigenvalue weighted by molar-refractivity contribution is 6.00. The molecule has 1 fully saturated rings. The molecule has 0 bridgehead atoms. The van der Waals surface area contributed by atoms with Gasteiger partial charge in [-0.2, -0.15) is 0 Å². The number of hydrogen-bond acceptors (Lipinski definition) is 4. The molecule has 0 N–H and O–H groups in total. The second-order valence-corrected chi connectivity index (χ2v) is 6.92. The molecule has 0 unspecified atom stereocenters. The summed E-state index contributed by atoms with van der Waals surface area (Å²) in [7, 11) is 0. The molecular formula is C22H19N3O4. The van der Waals surface area contributed by atoms with E-state index in [1.54, 1.807) is 15.9 Å². The van der Waals surface area contributed by atoms with Crippen molar-refractivity contribution in [2.45, 2.75) is 0 Å². The van der Waals surface area contributed by atoms with E-state index in [4.69, 9.17) is 0 Å². The number of amides is 2. The van der Waals surface area contributed by atoms with Crippen LogP contribution in [0, 0.1) is 10.1 Å². The van der Waals surface area contributed by atoms with Gasteiger partial charge in [0.25, 0.3) is 17.5 Å². The Morgan fingerprint density at radius 1 is 0.759 bits per heavy atom. The van der Waals surface area contributed by atoms with Crippen molar-refractivity contribution < 1.29 is 14.5 Å². The van der Waals surface area contributed by atoms with E-state index in [1.807, 2.05) is 42.5 Å². The quantitative estimate of drug-likeness (QED) is 0.508. The van der Waals surface area contributed by atoms with E-state index in [-0.39, 0.29) is 23.1 Å². The van der Waals surface area contributed by atoms with Gasteiger partial charge in [0.1, 0.15) is 5.56 Å². The van der Waals surface area contributed by atoms with Crippen molar-refractivity contribution in [1.82, 2.24) is 9.80 Å². The van der Waals surface area contributed by atoms with Crippen molar-refractivity contribution in [3.8, 4) is 0 Å². The maximum absolute atomic E-state index is 12.9. The number of carbonyl (C=O) groups is 2. The fourth-order valence-corrected chi connectivity index (χ4v) is 3.60. The van der Waals surface area contributed by atoms with E-state index in [0.29, 0.717) is 31.7 Å². The Hall–Kier alpha value is -3.74. The lowest BCUT2D eigenvalue weighted by Crippen LogP contribution is -2.50. The normalized spacial score (nSPS) is 14.1. The number of para-hydroxylation sites is 1. The third-order valence-electron chi connectivity index (χ3n) is 5.18. The molecule has 0 aliphatic carbocycles. The van der Waals surface area contributed by atoms with Gasteiger partial charge in [0, 0.05) is 37.8 Å². The van der Waals surface area contributed by atoms with Crippen molar-refractivity contribution >= 4 is 28.3 Å². The summed E-state index contributed by atoms with van der Waals surface area (Å²) in [6, 6.07) is 19.4. The zero-order valence-corrected chi connectivity index (χ0v) is 15.7. The number of benzene rings is 3. The van der Waals surface area contributed by atoms with Gasteiger partial charge < -0.3 is 9.80 Å². The van der Waals surface area contributed by atoms with Gasteiger partial charge in [-0.1, -0.05) is 42.5 Å². The molecule has 7 heteroatoms. The Bertz CT molecular complexity index is 1100. The molecule has 1 saturated heterocycles. The number of fused-ring (bicyclic) bond motifs is 1. The summed E-state index contributed by atoms with van der Waals surface area (Å²) < 4.78 is 0. The fourth-order valence-electron chi connectivity index (χ4n) is 3.60. The van der Waals surface area contributed by atoms with E-state index in [1.165, 1.54) is 18.2 Å². The summed E-state index contributed by atoms with van der Waals surface area (Å²) in [6.07, 6.45) is 0. The first-order chi connectivity index (χ1) is 14.0. The second kappa shape index (κ2) is 7.71. The number of carbonyl (C=O) groups excluding carboxylic acids is 2. The molecule has 3 aromatic rings. The predicted octanol–water partition coefficient (Wildman–Crippen LogP) is 3.35. The van der Waals surface area contributed by atoms with E-state index in [9.17, 15) is 19.7 Å². The minimum Gasteiger partial charge on any atom is -0.335 e. The molecule has 2 amide bonds. The second-order valence-electron chi connectivity index (χ2n) is 6.92. The first-order valence-electron chi connectivity index (χ1n) is 9.35. The lowest BCUT2D eigenvalue weighted by molar-refractivity contribution is -0.385. The highest BCUT2D eigenvalue weighted by Crippen LogP contribution is 2.21. The Balaban J connectivity index is 1.45. The van der Waals surface area contributed by atoms with Crippen LogP contribution in [0.2, 0.25) is 0 Å². The zero-order valence-electron chi connectivity index (χ0n) is 15.7. The summed E-state index contributed by atoms with van der Waals surface area (Å²) in [5.41, 5.74) is 0.487. The third kappa shape index (κ3) is 3.67. The minimum absolute atomic E-state index is 0.0754. The summed E-state index contributed by atoms with van der Waals surface area (Å²) in [5.74, 6) is -0.455. The molecule has 1 heterocycles. The van der Waals surface area contributed by atoms with Crippen LogP contribution in [0.4, 0.5) is 5.69 Å². The molecule has 4 rings (SSSR count). The lowest BCUT2D eigenvalue weighted by atomic mass is 10.1. The first-order valence-corrected chi connectivity index (χ1v) is 9.35. The highest BCUT2D eigenvalue weighted by Gasteiger charge is 2.29. The molecule has 0 saturated carbocycles. The van der Waals surface area contributed by atoms with Crippen LogP contribution in [-0.4, -0.2) is 52.7 Å². The molecular weight excluding hydrogens is 370 g/mol. The molecule has 146 valence electrons. The summed E-state index contributed by atoms with van der Waals surface area (Å²) in [5, 5.41) is 13.3. The van der Waals surface area contributed by atoms with Gasteiger partial charge >= 0.3 is 0 Å². The van der Waals surface area contributed by atoms with Crippen LogP contribution >= 0.6 is 0 Å². The van der Waals surface area contributed by atoms with Gasteiger partial charge in [-0.3, -0.25) is 19.7 Å². The third-order valence-corrected chi connectivity index (χ3v) is 5.18. The van der Waals surface area contributed by atoms with Crippen molar-refractivity contribution in [2.24, 2.45) is 0 Å². The van der Waals surface area contributed by atoms with Crippen LogP contribution in [-0.2, 0) is 0 Å². The average Bonchev–Trinajstić information content (AvgIpc) is 2.78. The first kappa shape index (κ1) is 18.6. The van der Waals surface area contributed by atoms with Gasteiger partial charge in [-0.15, -0.1) is 0 Å². The van der Waals surface area contributed by atoms with Crippen molar-refractivity contribution in [3.05, 3.63) is 88.0 Å². The van der Waals surface area contributed by atoms with Gasteiger partial charge in [-0.05, 0) is 29.0 Å². The molecule has 3 aromatic carbocycles. The monoisotopic (exact) mass is 389 g/mol. The number of piperazine rings is 1. The molecule has 1 aliphatic rings. The average molecular weight is 389 g/mol. The Kier molecular flexibility index (Phi) is 4.95. The summed E-state index contributed by atoms with van der Waals surface area (Å²) in [6.45, 7) is 1.45. The Labute approximate surface area is 167 Å². The van der Waals surface area contributed by atoms with Crippen LogP contribution in [0.5, 0.6) is 0 Å². The van der Waals surface area contributed by atoms with Gasteiger partial charge in [0.15, 0.2) is 0 Å². The molecule has 29 heavy (non-hydrogen) atoms. The van der Waals surface area contributed by atoms with Gasteiger partial charge in [-0.25, -0.2) is 0 Å². The van der Waals surface area contributed by atoms with Crippen LogP contribution in [0.15, 0.2) is 66.7 Å². The largest absolute Gasteiger partial charge is 0.335 e. The van der Waals surface area contributed by atoms with Crippen LogP contribution < -0.4 is 0 Å². The molecule has 0 spiro atoms. The fraction of sp³-hybridized carbons (Fsp3) is 0.182. The lowest BCUT2D eigenvalue weighted by Gasteiger charge is -2.34. The van der Waals surface area contributed by atoms with E-state index >= 15 is 0 Å². The number of nitro benzene ring substituents is 1. The molecule has 0 aromatic heterocycles. The summed E-state index contributed by atoms with van der Waals surface area (Å²) in [4.78, 5) is 39.5. The van der Waals surface area contributed by atoms with Crippen molar-refractivity contribution in [1.29, 1.82) is 0 Å². The van der Waals surface area contributed by atoms with E-state index in [0.717, 1.165) is 10.8 Å². The maximum atomic E-state index is 12.9. The molecule has 0 radical (unpaired) electrons. The number of rotatable bonds is 3. The smallest absolute Gasteiger partial charge is 0.282 e. The van der Waals surface area contributed by atoms with E-state index in [2.05, 4.69) is 0 Å². The SMILES string of the molecule is O=C(c1ccc2ccccc2c1)N1CCN(C(=O)c2ccccc2[N+](=O)[O-])CC1. The highest BCUT2D eigenvalue weighted by atomic mass is 16.6. The number of nitrogens with zero attached hydrogens (tertiary/aromatic N) is 3. The Morgan fingerprint density at radius 3 is 2.03 bits per heavy atom. The van der Waals surface area contributed by atoms with Crippen LogP contribution in [0.1, 0.15) is 20.7 Å². The zero-order chi connectivity index (χ0) is 20.4. The molecule has 0 atom stereocenters. The van der Waals surface area contributed by atoms with Crippen molar-refractivity contribution in [3.63, 3.8) is 0 Å². The number of hydrogen-bond donors (Lipinski definition) is 0. The Morgan fingerprint density at radius 2 is 1.34 bits per heavy atom. The van der Waals surface area contributed by atoms with E-state index < -0.39 is 4.92 Å². The van der Waals surface area contributed by atoms with Crippen molar-refractivity contribution in [2.75, 3.05) is 26.2 Å². The van der Waals surface area contributed by atoms with Crippen LogP contribution in [0.3, 0.4) is 0 Å².